The van der Waals surface area contributed by atoms with E-state index < -0.39 is 12.1 Å². The van der Waals surface area contributed by atoms with Gasteiger partial charge in [-0.2, -0.15) is 13.2 Å². The van der Waals surface area contributed by atoms with Gasteiger partial charge in [0.25, 0.3) is 0 Å². The first kappa shape index (κ1) is 13.4. The van der Waals surface area contributed by atoms with Gasteiger partial charge in [-0.1, -0.05) is 5.16 Å². The second kappa shape index (κ2) is 5.27. The van der Waals surface area contributed by atoms with Crippen LogP contribution in [-0.4, -0.2) is 29.3 Å². The standard InChI is InChI=1S/C11H16F3N3O/c12-11(13,14)8-2-1-3-17(6-8)7-10-4-9(5-15)16-18-10/h4,8H,1-3,5-7,15H2. The monoisotopic (exact) mass is 263 g/mol. The lowest BCUT2D eigenvalue weighted by atomic mass is 9.97. The van der Waals surface area contributed by atoms with Crippen LogP contribution in [0.2, 0.25) is 0 Å². The highest BCUT2D eigenvalue weighted by molar-refractivity contribution is 5.04. The zero-order valence-electron chi connectivity index (χ0n) is 9.91. The summed E-state index contributed by atoms with van der Waals surface area (Å²) < 4.78 is 42.9. The smallest absolute Gasteiger partial charge is 0.360 e. The van der Waals surface area contributed by atoms with Crippen LogP contribution in [0, 0.1) is 5.92 Å². The number of nitrogens with zero attached hydrogens (tertiary/aromatic N) is 2. The number of nitrogens with two attached hydrogens (primary N) is 1. The van der Waals surface area contributed by atoms with Crippen LogP contribution in [0.5, 0.6) is 0 Å². The quantitative estimate of drug-likeness (QED) is 0.905. The summed E-state index contributed by atoms with van der Waals surface area (Å²) >= 11 is 0. The minimum Gasteiger partial charge on any atom is -0.360 e. The molecule has 1 unspecified atom stereocenters. The minimum absolute atomic E-state index is 0.0299. The van der Waals surface area contributed by atoms with Crippen LogP contribution in [0.1, 0.15) is 24.3 Å². The maximum atomic E-state index is 12.6. The first-order valence-corrected chi connectivity index (χ1v) is 5.92. The van der Waals surface area contributed by atoms with Gasteiger partial charge in [0.05, 0.1) is 18.2 Å². The molecule has 4 nitrogen and oxygen atoms in total. The van der Waals surface area contributed by atoms with Gasteiger partial charge in [-0.3, -0.25) is 4.90 Å². The predicted molar refractivity (Wildman–Crippen MR) is 58.5 cm³/mol. The molecule has 1 saturated heterocycles. The molecular weight excluding hydrogens is 247 g/mol. The van der Waals surface area contributed by atoms with Gasteiger partial charge in [0.15, 0.2) is 5.76 Å². The van der Waals surface area contributed by atoms with E-state index in [1.54, 1.807) is 11.0 Å². The van der Waals surface area contributed by atoms with Crippen LogP contribution in [0.25, 0.3) is 0 Å². The molecule has 1 aromatic heterocycles. The molecule has 0 spiro atoms. The van der Waals surface area contributed by atoms with Gasteiger partial charge in [0.1, 0.15) is 0 Å². The van der Waals surface area contributed by atoms with Gasteiger partial charge in [0.2, 0.25) is 0 Å². The fourth-order valence-corrected chi connectivity index (χ4v) is 2.21. The maximum Gasteiger partial charge on any atom is 0.393 e. The van der Waals surface area contributed by atoms with Crippen molar-refractivity contribution < 1.29 is 17.7 Å². The summed E-state index contributed by atoms with van der Waals surface area (Å²) in [6.07, 6.45) is -3.34. The highest BCUT2D eigenvalue weighted by atomic mass is 19.4. The number of rotatable bonds is 3. The largest absolute Gasteiger partial charge is 0.393 e. The van der Waals surface area contributed by atoms with Crippen LogP contribution in [-0.2, 0) is 13.1 Å². The lowest BCUT2D eigenvalue weighted by Crippen LogP contribution is -2.41. The molecule has 2 heterocycles. The number of hydrogen-bond donors (Lipinski definition) is 1. The van der Waals surface area contributed by atoms with Crippen molar-refractivity contribution in [2.24, 2.45) is 11.7 Å². The topological polar surface area (TPSA) is 55.3 Å². The first-order chi connectivity index (χ1) is 8.49. The van der Waals surface area contributed by atoms with Crippen molar-refractivity contribution in [1.82, 2.24) is 10.1 Å². The highest BCUT2D eigenvalue weighted by Crippen LogP contribution is 2.33. The SMILES string of the molecule is NCc1cc(CN2CCCC(C(F)(F)F)C2)on1. The number of piperidine rings is 1. The second-order valence-corrected chi connectivity index (χ2v) is 4.60. The Labute approximate surface area is 103 Å². The van der Waals surface area contributed by atoms with E-state index in [4.69, 9.17) is 10.3 Å². The molecule has 2 rings (SSSR count). The van der Waals surface area contributed by atoms with Crippen molar-refractivity contribution in [3.63, 3.8) is 0 Å². The van der Waals surface area contributed by atoms with Crippen molar-refractivity contribution in [3.05, 3.63) is 17.5 Å². The Morgan fingerprint density at radius 2 is 2.28 bits per heavy atom. The molecule has 7 heteroatoms. The third-order valence-electron chi connectivity index (χ3n) is 3.16. The maximum absolute atomic E-state index is 12.6. The second-order valence-electron chi connectivity index (χ2n) is 4.60. The molecule has 1 aliphatic rings. The molecule has 0 bridgehead atoms. The van der Waals surface area contributed by atoms with Crippen LogP contribution < -0.4 is 5.73 Å². The fraction of sp³-hybridized carbons (Fsp3) is 0.727. The lowest BCUT2D eigenvalue weighted by Gasteiger charge is -2.32. The molecule has 1 fully saturated rings. The van der Waals surface area contributed by atoms with E-state index in [1.807, 2.05) is 0 Å². The van der Waals surface area contributed by atoms with E-state index in [0.717, 1.165) is 0 Å². The van der Waals surface area contributed by atoms with Crippen molar-refractivity contribution in [1.29, 1.82) is 0 Å². The van der Waals surface area contributed by atoms with Crippen LogP contribution in [0.3, 0.4) is 0 Å². The molecule has 18 heavy (non-hydrogen) atoms. The zero-order chi connectivity index (χ0) is 13.2. The van der Waals surface area contributed by atoms with Gasteiger partial charge in [-0.25, -0.2) is 0 Å². The summed E-state index contributed by atoms with van der Waals surface area (Å²) in [5.41, 5.74) is 6.01. The Hall–Kier alpha value is -1.08. The van der Waals surface area contributed by atoms with Crippen molar-refractivity contribution >= 4 is 0 Å². The van der Waals surface area contributed by atoms with Crippen molar-refractivity contribution in [2.45, 2.75) is 32.1 Å². The highest BCUT2D eigenvalue weighted by Gasteiger charge is 2.41. The van der Waals surface area contributed by atoms with E-state index in [1.165, 1.54) is 0 Å². The van der Waals surface area contributed by atoms with Gasteiger partial charge < -0.3 is 10.3 Å². The number of aromatic nitrogens is 1. The summed E-state index contributed by atoms with van der Waals surface area (Å²) in [5.74, 6) is -0.665. The zero-order valence-corrected chi connectivity index (χ0v) is 9.91. The number of hydrogen-bond acceptors (Lipinski definition) is 4. The Balaban J connectivity index is 1.93. The molecule has 0 aromatic carbocycles. The Kier molecular flexibility index (Phi) is 3.91. The summed E-state index contributed by atoms with van der Waals surface area (Å²) in [5, 5.41) is 3.72. The van der Waals surface area contributed by atoms with Crippen LogP contribution in [0.15, 0.2) is 10.6 Å². The normalized spacial score (nSPS) is 22.3. The van der Waals surface area contributed by atoms with Gasteiger partial charge >= 0.3 is 6.18 Å². The van der Waals surface area contributed by atoms with E-state index in [2.05, 4.69) is 5.16 Å². The van der Waals surface area contributed by atoms with Crippen LogP contribution >= 0.6 is 0 Å². The molecule has 1 aliphatic heterocycles. The average Bonchev–Trinajstić information content (AvgIpc) is 2.76. The summed E-state index contributed by atoms with van der Waals surface area (Å²) in [7, 11) is 0. The Morgan fingerprint density at radius 3 is 2.89 bits per heavy atom. The minimum atomic E-state index is -4.11. The summed E-state index contributed by atoms with van der Waals surface area (Å²) in [4.78, 5) is 1.75. The first-order valence-electron chi connectivity index (χ1n) is 5.92. The van der Waals surface area contributed by atoms with Gasteiger partial charge in [0, 0.05) is 19.2 Å². The Bertz CT molecular complexity index is 391. The number of halogens is 3. The van der Waals surface area contributed by atoms with Crippen molar-refractivity contribution in [3.8, 4) is 0 Å². The molecule has 0 aliphatic carbocycles. The third-order valence-corrected chi connectivity index (χ3v) is 3.16. The summed E-state index contributed by atoms with van der Waals surface area (Å²) in [6.45, 7) is 1.32. The van der Waals surface area contributed by atoms with E-state index >= 15 is 0 Å². The molecular formula is C11H16F3N3O. The van der Waals surface area contributed by atoms with E-state index in [-0.39, 0.29) is 19.5 Å². The van der Waals surface area contributed by atoms with Crippen molar-refractivity contribution in [2.75, 3.05) is 13.1 Å². The Morgan fingerprint density at radius 1 is 1.50 bits per heavy atom. The molecule has 0 radical (unpaired) electrons. The van der Waals surface area contributed by atoms with E-state index in [0.29, 0.717) is 31.0 Å². The molecule has 1 atom stereocenters. The van der Waals surface area contributed by atoms with Gasteiger partial charge in [-0.05, 0) is 19.4 Å². The molecule has 1 aromatic rings. The lowest BCUT2D eigenvalue weighted by molar-refractivity contribution is -0.187. The predicted octanol–water partition coefficient (Wildman–Crippen LogP) is 1.91. The summed E-state index contributed by atoms with van der Waals surface area (Å²) in [6, 6.07) is 1.69. The fourth-order valence-electron chi connectivity index (χ4n) is 2.21. The number of likely N-dealkylation sites (tertiary alicyclic amines) is 1. The molecule has 2 N–H and O–H groups in total. The molecule has 0 amide bonds. The van der Waals surface area contributed by atoms with E-state index in [9.17, 15) is 13.2 Å². The van der Waals surface area contributed by atoms with Gasteiger partial charge in [-0.15, -0.1) is 0 Å². The molecule has 0 saturated carbocycles. The molecule has 102 valence electrons. The van der Waals surface area contributed by atoms with Crippen LogP contribution in [0.4, 0.5) is 13.2 Å². The third kappa shape index (κ3) is 3.23. The number of alkyl halides is 3. The average molecular weight is 263 g/mol.